The van der Waals surface area contributed by atoms with Crippen molar-refractivity contribution in [2.24, 2.45) is 0 Å². The number of methoxy groups -OCH3 is 1. The number of nitrogens with zero attached hydrogens (tertiary/aromatic N) is 1. The first kappa shape index (κ1) is 24.3. The highest BCUT2D eigenvalue weighted by atomic mass is 19.1. The zero-order valence-electron chi connectivity index (χ0n) is 19.9. The van der Waals surface area contributed by atoms with Crippen LogP contribution in [-0.4, -0.2) is 36.5 Å². The van der Waals surface area contributed by atoms with Crippen LogP contribution < -0.4 is 14.8 Å². The van der Waals surface area contributed by atoms with Gasteiger partial charge in [0.2, 0.25) is 5.91 Å². The molecule has 7 heteroatoms. The van der Waals surface area contributed by atoms with Crippen molar-refractivity contribution >= 4 is 17.5 Å². The normalized spacial score (nSPS) is 15.1. The third-order valence-electron chi connectivity index (χ3n) is 6.04. The van der Waals surface area contributed by atoms with E-state index in [0.29, 0.717) is 37.4 Å². The van der Waals surface area contributed by atoms with Gasteiger partial charge in [0, 0.05) is 24.3 Å². The zero-order chi connectivity index (χ0) is 24.8. The van der Waals surface area contributed by atoms with Crippen LogP contribution in [0.25, 0.3) is 0 Å². The highest BCUT2D eigenvalue weighted by Crippen LogP contribution is 2.29. The fourth-order valence-electron chi connectivity index (χ4n) is 4.08. The van der Waals surface area contributed by atoms with Crippen molar-refractivity contribution in [3.63, 3.8) is 0 Å². The van der Waals surface area contributed by atoms with Crippen LogP contribution >= 0.6 is 0 Å². The van der Waals surface area contributed by atoms with Crippen molar-refractivity contribution in [1.82, 2.24) is 4.90 Å². The number of benzene rings is 3. The highest BCUT2D eigenvalue weighted by molar-refractivity contribution is 5.92. The van der Waals surface area contributed by atoms with Gasteiger partial charge in [-0.05, 0) is 66.4 Å². The van der Waals surface area contributed by atoms with Gasteiger partial charge in [0.05, 0.1) is 13.5 Å². The number of amides is 2. The van der Waals surface area contributed by atoms with Gasteiger partial charge in [0.25, 0.3) is 5.91 Å². The van der Waals surface area contributed by atoms with Crippen LogP contribution in [-0.2, 0) is 29.0 Å². The Labute approximate surface area is 204 Å². The maximum atomic E-state index is 13.2. The zero-order valence-corrected chi connectivity index (χ0v) is 19.9. The predicted octanol–water partition coefficient (Wildman–Crippen LogP) is 4.76. The molecule has 3 aromatic carbocycles. The Bertz CT molecular complexity index is 1180. The Kier molecular flexibility index (Phi) is 7.65. The van der Waals surface area contributed by atoms with E-state index in [-0.39, 0.29) is 24.1 Å². The van der Waals surface area contributed by atoms with Gasteiger partial charge in [0.1, 0.15) is 17.3 Å². The lowest BCUT2D eigenvalue weighted by Gasteiger charge is -2.23. The molecule has 1 heterocycles. The molecule has 1 unspecified atom stereocenters. The Balaban J connectivity index is 1.46. The lowest BCUT2D eigenvalue weighted by molar-refractivity contribution is -0.138. The lowest BCUT2D eigenvalue weighted by Crippen LogP contribution is -2.40. The summed E-state index contributed by atoms with van der Waals surface area (Å²) >= 11 is 0. The van der Waals surface area contributed by atoms with E-state index in [4.69, 9.17) is 9.47 Å². The third-order valence-corrected chi connectivity index (χ3v) is 6.04. The summed E-state index contributed by atoms with van der Waals surface area (Å²) in [5, 5.41) is 2.94. The summed E-state index contributed by atoms with van der Waals surface area (Å²) in [6, 6.07) is 19.1. The van der Waals surface area contributed by atoms with E-state index in [0.717, 1.165) is 22.4 Å². The second-order valence-electron chi connectivity index (χ2n) is 8.55. The van der Waals surface area contributed by atoms with Gasteiger partial charge in [-0.2, -0.15) is 0 Å². The number of carbonyl (C=O) groups excluding carboxylic acids is 2. The van der Waals surface area contributed by atoms with E-state index in [1.807, 2.05) is 37.3 Å². The van der Waals surface area contributed by atoms with Crippen molar-refractivity contribution in [2.45, 2.75) is 38.8 Å². The minimum atomic E-state index is -0.569. The van der Waals surface area contributed by atoms with Gasteiger partial charge >= 0.3 is 0 Å². The van der Waals surface area contributed by atoms with E-state index >= 15 is 0 Å². The fourth-order valence-corrected chi connectivity index (χ4v) is 4.08. The Morgan fingerprint density at radius 3 is 2.49 bits per heavy atom. The summed E-state index contributed by atoms with van der Waals surface area (Å²) in [6.07, 6.45) is 0.819. The molecule has 6 nitrogen and oxygen atoms in total. The van der Waals surface area contributed by atoms with E-state index < -0.39 is 6.10 Å². The average Bonchev–Trinajstić information content (AvgIpc) is 3.00. The molecule has 182 valence electrons. The molecule has 0 fully saturated rings. The molecule has 0 aliphatic carbocycles. The first-order chi connectivity index (χ1) is 16.9. The molecule has 1 aliphatic heterocycles. The second kappa shape index (κ2) is 11.0. The van der Waals surface area contributed by atoms with Crippen LogP contribution in [0.15, 0.2) is 66.7 Å². The summed E-state index contributed by atoms with van der Waals surface area (Å²) in [6.45, 7) is 2.77. The Morgan fingerprint density at radius 2 is 1.80 bits per heavy atom. The molecule has 0 saturated carbocycles. The van der Waals surface area contributed by atoms with Crippen LogP contribution in [0.1, 0.15) is 30.0 Å². The number of ether oxygens (including phenoxy) is 2. The van der Waals surface area contributed by atoms with Crippen molar-refractivity contribution < 1.29 is 23.5 Å². The molecule has 0 saturated heterocycles. The molecule has 1 atom stereocenters. The third kappa shape index (κ3) is 6.18. The van der Waals surface area contributed by atoms with E-state index in [2.05, 4.69) is 5.32 Å². The molecular formula is C28H29FN2O4. The fraction of sp³-hybridized carbons (Fsp3) is 0.286. The quantitative estimate of drug-likeness (QED) is 0.509. The van der Waals surface area contributed by atoms with Crippen LogP contribution in [0.2, 0.25) is 0 Å². The summed E-state index contributed by atoms with van der Waals surface area (Å²) in [7, 11) is 1.60. The first-order valence-corrected chi connectivity index (χ1v) is 11.7. The number of hydrogen-bond donors (Lipinski definition) is 1. The summed E-state index contributed by atoms with van der Waals surface area (Å²) in [5.41, 5.74) is 3.31. The summed E-state index contributed by atoms with van der Waals surface area (Å²) in [4.78, 5) is 27.5. The molecule has 0 spiro atoms. The number of anilines is 1. The van der Waals surface area contributed by atoms with E-state index in [1.54, 1.807) is 36.3 Å². The van der Waals surface area contributed by atoms with Crippen molar-refractivity contribution in [3.8, 4) is 11.5 Å². The number of nitrogens with one attached hydrogen (secondary N) is 1. The van der Waals surface area contributed by atoms with Crippen LogP contribution in [0.5, 0.6) is 11.5 Å². The number of rotatable bonds is 8. The molecule has 2 amide bonds. The van der Waals surface area contributed by atoms with Gasteiger partial charge in [-0.25, -0.2) is 4.39 Å². The topological polar surface area (TPSA) is 67.9 Å². The Hall–Kier alpha value is -3.87. The SMILES string of the molecule is CCC1Oc2ccc(NC(=O)Cc3ccc(OC)cc3)cc2CN(CCc2ccc(F)cc2)C1=O. The smallest absolute Gasteiger partial charge is 0.263 e. The number of hydrogen-bond acceptors (Lipinski definition) is 4. The Morgan fingerprint density at radius 1 is 1.09 bits per heavy atom. The molecule has 1 N–H and O–H groups in total. The summed E-state index contributed by atoms with van der Waals surface area (Å²) < 4.78 is 24.4. The van der Waals surface area contributed by atoms with Crippen LogP contribution in [0, 0.1) is 5.82 Å². The van der Waals surface area contributed by atoms with Gasteiger partial charge in [0.15, 0.2) is 6.10 Å². The minimum Gasteiger partial charge on any atom is -0.497 e. The van der Waals surface area contributed by atoms with Crippen LogP contribution in [0.3, 0.4) is 0 Å². The largest absolute Gasteiger partial charge is 0.497 e. The number of carbonyl (C=O) groups is 2. The minimum absolute atomic E-state index is 0.0732. The van der Waals surface area contributed by atoms with E-state index in [1.165, 1.54) is 12.1 Å². The second-order valence-corrected chi connectivity index (χ2v) is 8.55. The molecule has 0 bridgehead atoms. The molecule has 35 heavy (non-hydrogen) atoms. The van der Waals surface area contributed by atoms with Gasteiger partial charge < -0.3 is 19.7 Å². The number of halogens is 1. The van der Waals surface area contributed by atoms with Crippen molar-refractivity contribution in [1.29, 1.82) is 0 Å². The molecule has 3 aromatic rings. The molecule has 0 radical (unpaired) electrons. The molecule has 1 aliphatic rings. The highest BCUT2D eigenvalue weighted by Gasteiger charge is 2.29. The number of fused-ring (bicyclic) bond motifs is 1. The van der Waals surface area contributed by atoms with Crippen molar-refractivity contribution in [2.75, 3.05) is 19.0 Å². The maximum absolute atomic E-state index is 13.2. The van der Waals surface area contributed by atoms with Gasteiger partial charge in [-0.1, -0.05) is 31.2 Å². The monoisotopic (exact) mass is 476 g/mol. The maximum Gasteiger partial charge on any atom is 0.263 e. The van der Waals surface area contributed by atoms with Gasteiger partial charge in [-0.3, -0.25) is 9.59 Å². The first-order valence-electron chi connectivity index (χ1n) is 11.7. The molecule has 4 rings (SSSR count). The average molecular weight is 477 g/mol. The van der Waals surface area contributed by atoms with Crippen molar-refractivity contribution in [3.05, 3.63) is 89.2 Å². The lowest BCUT2D eigenvalue weighted by atomic mass is 10.1. The standard InChI is InChI=1S/C28H29FN2O4/c1-3-25-28(33)31(15-14-19-4-8-22(29)9-5-19)18-21-17-23(10-13-26(21)35-25)30-27(32)16-20-6-11-24(34-2)12-7-20/h4-13,17,25H,3,14-16,18H2,1-2H3,(H,30,32). The van der Waals surface area contributed by atoms with Gasteiger partial charge in [-0.15, -0.1) is 0 Å². The predicted molar refractivity (Wildman–Crippen MR) is 132 cm³/mol. The summed E-state index contributed by atoms with van der Waals surface area (Å²) in [5.74, 6) is 0.886. The molecule has 0 aromatic heterocycles. The van der Waals surface area contributed by atoms with E-state index in [9.17, 15) is 14.0 Å². The van der Waals surface area contributed by atoms with Crippen LogP contribution in [0.4, 0.5) is 10.1 Å². The molecular weight excluding hydrogens is 447 g/mol.